The molecule has 7 aromatic rings. The summed E-state index contributed by atoms with van der Waals surface area (Å²) in [6.07, 6.45) is 0.227. The first-order valence-corrected chi connectivity index (χ1v) is 48.0. The van der Waals surface area contributed by atoms with Crippen LogP contribution < -0.4 is 70.0 Å². The second-order valence-corrected chi connectivity index (χ2v) is 38.1. The largest absolute Gasteiger partial charge is 0.481 e. The average Bonchev–Trinajstić information content (AvgIpc) is 1.71. The SMILES string of the molecule is CC(C)[C@@H]1NC(=O)[C@H](Cc2c[nH]c3ccccc23)NC(=O)[C@@H]2CSCC(=O)N3Cc4cccc(c4)CN(Cc4cccc(c4)CN(Cc4cccc(c4)C3)C(=O)CSC[C@H](NC(=O)[C@H](C)N)C(=O)N[C@@H]3C(=O)N[C@@H](CCC[C@H]3O)C(=O)N2)C(=O)CSC[C@@H](C(N)=O)NC(=O)[C@@H]2CCCN2C(=O)[C@H](C(C)C)NC(=O)[C@H](Cc2c[nH]c3ccccc23)NC(=O)CNC(=O)[C@H](CC(=O)O)NC1=O. The summed E-state index contributed by atoms with van der Waals surface area (Å²) in [5, 5.41) is 52.1. The minimum atomic E-state index is -1.95. The highest BCUT2D eigenvalue weighted by molar-refractivity contribution is 8.00. The van der Waals surface area contributed by atoms with E-state index >= 15 is 33.6 Å². The van der Waals surface area contributed by atoms with Gasteiger partial charge in [-0.15, -0.1) is 35.3 Å². The third-order valence-corrected chi connectivity index (χ3v) is 27.0. The van der Waals surface area contributed by atoms with Crippen molar-refractivity contribution in [3.05, 3.63) is 178 Å². The molecule has 13 atom stereocenters. The number of aliphatic hydroxyl groups excluding tert-OH is 1. The fourth-order valence-electron chi connectivity index (χ4n) is 16.7. The predicted octanol–water partition coefficient (Wildman–Crippen LogP) is 0.380. The van der Waals surface area contributed by atoms with Gasteiger partial charge in [-0.2, -0.15) is 0 Å². The number of benzene rings is 5. The molecule has 2 aromatic heterocycles. The number of carboxylic acid groups (broad SMARTS) is 1. The number of carboxylic acids is 1. The van der Waals surface area contributed by atoms with E-state index in [0.29, 0.717) is 72.7 Å². The quantitative estimate of drug-likeness (QED) is 0.0832. The van der Waals surface area contributed by atoms with Gasteiger partial charge in [0.25, 0.3) is 0 Å². The minimum absolute atomic E-state index is 0.0195. The summed E-state index contributed by atoms with van der Waals surface area (Å²) in [6.45, 7) is 6.67. The van der Waals surface area contributed by atoms with E-state index in [-0.39, 0.29) is 113 Å². The van der Waals surface area contributed by atoms with Crippen molar-refractivity contribution in [2.45, 2.75) is 204 Å². The number of hydrogen-bond donors (Lipinski definition) is 17. The van der Waals surface area contributed by atoms with Gasteiger partial charge in [-0.05, 0) is 108 Å². The molecule has 714 valence electrons. The smallest absolute Gasteiger partial charge is 0.305 e. The van der Waals surface area contributed by atoms with Crippen molar-refractivity contribution >= 4 is 158 Å². The molecule has 0 spiro atoms. The van der Waals surface area contributed by atoms with Gasteiger partial charge in [-0.25, -0.2) is 0 Å². The molecule has 5 aromatic carbocycles. The third kappa shape index (κ3) is 27.0. The van der Waals surface area contributed by atoms with Crippen molar-refractivity contribution in [2.24, 2.45) is 23.3 Å². The van der Waals surface area contributed by atoms with Crippen LogP contribution in [-0.4, -0.2) is 266 Å². The van der Waals surface area contributed by atoms with E-state index in [1.807, 2.05) is 30.3 Å². The number of aliphatic carboxylic acids is 1. The molecule has 16 amide bonds. The van der Waals surface area contributed by atoms with Gasteiger partial charge in [0.2, 0.25) is 94.5 Å². The number of aliphatic hydroxyl groups is 1. The summed E-state index contributed by atoms with van der Waals surface area (Å²) in [5.41, 5.74) is 18.1. The highest BCUT2D eigenvalue weighted by Gasteiger charge is 2.44. The van der Waals surface area contributed by atoms with E-state index in [1.54, 1.807) is 132 Å². The molecule has 0 saturated carbocycles. The Morgan fingerprint density at radius 2 is 0.940 bits per heavy atom. The number of fused-ring (bicyclic) bond motifs is 14. The Hall–Kier alpha value is -12.9. The molecule has 38 nitrogen and oxygen atoms in total. The highest BCUT2D eigenvalue weighted by atomic mass is 32.2. The Kier molecular flexibility index (Phi) is 34.9. The molecule has 2 saturated heterocycles. The zero-order valence-corrected chi connectivity index (χ0v) is 77.4. The molecule has 12 bridgehead atoms. The maximum absolute atomic E-state index is 15.7. The number of nitrogens with one attached hydrogen (secondary N) is 13. The summed E-state index contributed by atoms with van der Waals surface area (Å²) in [4.78, 5) is 261. The molecule has 0 radical (unpaired) electrons. The summed E-state index contributed by atoms with van der Waals surface area (Å²) < 4.78 is 0. The molecule has 0 aliphatic carbocycles. The van der Waals surface area contributed by atoms with Crippen molar-refractivity contribution in [3.8, 4) is 0 Å². The standard InChI is InChI=1S/C93H115N19O19S3/c1-50(2)79-91(129)102-68(34-78(118)119)84(122)98-37-74(114)99-66(32-59-35-96-63-23-8-6-21-61(59)63)86(124)107-80(51(3)4)93(131)112-28-14-26-72(112)90(128)103-69(82(95)120)44-132-47-75(115)109-38-53-15-10-17-55(29-53)40-110-41-57-19-12-20-58(31-57)43-111(42-56-18-11-16-54(30-56)39-109)77(117)49-134-46-71(104-83(121)52(5)94)89(127)108-81-73(113)27-13-25-65(100-92(81)130)85(123)105-70(45-133-48-76(110)116)88(126)101-67(87(125)106-79)33-60-36-97-64-24-9-7-22-62(60)64/h6-12,15-24,29-31,35-36,50-52,65-73,79-81,96-97,113H,13-14,25-28,32-34,37-49,94H2,1-5H3,(H2,95,120)(H,98,122)(H,99,114)(H,100,130)(H,101,126)(H,102,129)(H,103,128)(H,104,121)(H,105,123)(H,106,125)(H,107,124)(H,108,127)(H,118,119)/t52-,65-,66-,67-,68-,69-,70-,71-,72-,73+,79-,80-,81-/m0/s1. The number of primary amides is 1. The fraction of sp³-hybridized carbons (Fsp3) is 0.452. The lowest BCUT2D eigenvalue weighted by molar-refractivity contribution is -0.143. The van der Waals surface area contributed by atoms with Gasteiger partial charge >= 0.3 is 5.97 Å². The van der Waals surface area contributed by atoms with Crippen molar-refractivity contribution in [2.75, 3.05) is 47.6 Å². The van der Waals surface area contributed by atoms with Gasteiger partial charge in [0, 0.05) is 110 Å². The number of aromatic nitrogens is 2. The van der Waals surface area contributed by atoms with Crippen molar-refractivity contribution in [3.63, 3.8) is 0 Å². The Morgan fingerprint density at radius 1 is 0.470 bits per heavy atom. The van der Waals surface area contributed by atoms with Crippen LogP contribution in [0.1, 0.15) is 118 Å². The van der Waals surface area contributed by atoms with E-state index < -0.39 is 210 Å². The number of para-hydroxylation sites is 2. The van der Waals surface area contributed by atoms with Crippen LogP contribution in [-0.2, 0) is 134 Å². The number of nitrogens with zero attached hydrogens (tertiary/aromatic N) is 4. The van der Waals surface area contributed by atoms with E-state index in [9.17, 15) is 58.2 Å². The normalized spacial score (nSPS) is 24.7. The van der Waals surface area contributed by atoms with E-state index in [4.69, 9.17) is 11.5 Å². The Labute approximate surface area is 785 Å². The molecule has 41 heteroatoms. The highest BCUT2D eigenvalue weighted by Crippen LogP contribution is 2.28. The van der Waals surface area contributed by atoms with E-state index in [1.165, 1.54) is 25.7 Å². The first-order valence-electron chi connectivity index (χ1n) is 44.6. The molecule has 2 fully saturated rings. The van der Waals surface area contributed by atoms with Crippen LogP contribution in [0.3, 0.4) is 0 Å². The monoisotopic (exact) mass is 1900 g/mol. The summed E-state index contributed by atoms with van der Waals surface area (Å²) in [7, 11) is 0. The number of rotatable bonds is 11. The number of amides is 16. The maximum Gasteiger partial charge on any atom is 0.305 e. The zero-order chi connectivity index (χ0) is 96.1. The number of nitrogens with two attached hydrogens (primary N) is 2. The lowest BCUT2D eigenvalue weighted by Gasteiger charge is -2.32. The topological polar surface area (TPSA) is 560 Å². The van der Waals surface area contributed by atoms with Gasteiger partial charge in [-0.1, -0.05) is 137 Å². The molecule has 134 heavy (non-hydrogen) atoms. The second kappa shape index (κ2) is 46.7. The summed E-state index contributed by atoms with van der Waals surface area (Å²) in [6, 6.07) is 17.5. The number of thioether (sulfide) groups is 3. The molecule has 0 unspecified atom stereocenters. The van der Waals surface area contributed by atoms with Crippen LogP contribution in [0.4, 0.5) is 0 Å². The second-order valence-electron chi connectivity index (χ2n) is 35.0. The average molecular weight is 1900 g/mol. The maximum atomic E-state index is 15.7. The fourth-order valence-corrected chi connectivity index (χ4v) is 19.6. The third-order valence-electron chi connectivity index (χ3n) is 24.0. The van der Waals surface area contributed by atoms with Gasteiger partial charge in [0.05, 0.1) is 42.4 Å². The number of aromatic amines is 2. The minimum Gasteiger partial charge on any atom is -0.481 e. The van der Waals surface area contributed by atoms with Gasteiger partial charge in [0.1, 0.15) is 66.5 Å². The van der Waals surface area contributed by atoms with Crippen LogP contribution in [0.15, 0.2) is 134 Å². The molecular weight excluding hydrogens is 1780 g/mol. The van der Waals surface area contributed by atoms with E-state index in [0.717, 1.165) is 35.3 Å². The number of H-pyrrole nitrogens is 2. The lowest BCUT2D eigenvalue weighted by atomic mass is 9.97. The van der Waals surface area contributed by atoms with E-state index in [2.05, 4.69) is 68.5 Å². The van der Waals surface area contributed by atoms with Gasteiger partial charge in [0.15, 0.2) is 0 Å². The van der Waals surface area contributed by atoms with Crippen LogP contribution in [0, 0.1) is 11.8 Å². The Morgan fingerprint density at radius 3 is 1.44 bits per heavy atom. The van der Waals surface area contributed by atoms with Gasteiger partial charge in [-0.3, -0.25) is 81.5 Å². The van der Waals surface area contributed by atoms with Crippen LogP contribution in [0.25, 0.3) is 21.8 Å². The molecule has 5 aliphatic heterocycles. The van der Waals surface area contributed by atoms with Crippen LogP contribution in [0.2, 0.25) is 0 Å². The Bertz CT molecular complexity index is 5550. The van der Waals surface area contributed by atoms with Crippen molar-refractivity contribution < 1.29 is 91.7 Å². The summed E-state index contributed by atoms with van der Waals surface area (Å²) in [5.74, 6) is -18.7. The first-order chi connectivity index (χ1) is 64.1. The molecular formula is C93H115N19O19S3. The zero-order valence-electron chi connectivity index (χ0n) is 74.9. The number of hydrogen-bond acceptors (Lipinski definition) is 22. The number of carbonyl (C=O) groups excluding carboxylic acids is 16. The molecule has 5 aliphatic rings. The van der Waals surface area contributed by atoms with Crippen molar-refractivity contribution in [1.29, 1.82) is 0 Å². The molecule has 12 rings (SSSR count). The molecule has 7 heterocycles. The number of carbonyl (C=O) groups is 17. The van der Waals surface area contributed by atoms with Crippen molar-refractivity contribution in [1.82, 2.24) is 88.1 Å². The Balaban J connectivity index is 0.938. The lowest BCUT2D eigenvalue weighted by Crippen LogP contribution is -2.63. The predicted molar refractivity (Wildman–Crippen MR) is 500 cm³/mol. The molecule has 19 N–H and O–H groups in total. The van der Waals surface area contributed by atoms with Gasteiger partial charge < -0.3 is 110 Å². The first kappa shape index (κ1) is 100. The summed E-state index contributed by atoms with van der Waals surface area (Å²) >= 11 is 2.88. The van der Waals surface area contributed by atoms with Crippen LogP contribution >= 0.6 is 35.3 Å². The van der Waals surface area contributed by atoms with Crippen LogP contribution in [0.5, 0.6) is 0 Å².